The van der Waals surface area contributed by atoms with Gasteiger partial charge in [-0.15, -0.1) is 11.3 Å². The number of nitrogens with zero attached hydrogens (tertiary/aromatic N) is 3. The van der Waals surface area contributed by atoms with E-state index in [1.54, 1.807) is 24.3 Å². The minimum absolute atomic E-state index is 0.147. The maximum atomic E-state index is 12.9. The van der Waals surface area contributed by atoms with Crippen LogP contribution in [0.15, 0.2) is 74.1 Å². The van der Waals surface area contributed by atoms with Crippen molar-refractivity contribution >= 4 is 47.5 Å². The van der Waals surface area contributed by atoms with E-state index < -0.39 is 10.0 Å². The van der Waals surface area contributed by atoms with Crippen molar-refractivity contribution in [3.8, 4) is 11.1 Å². The Kier molecular flexibility index (Phi) is 6.19. The van der Waals surface area contributed by atoms with E-state index in [-0.39, 0.29) is 5.56 Å². The lowest BCUT2D eigenvalue weighted by Gasteiger charge is -2.33. The second-order valence-electron chi connectivity index (χ2n) is 7.84. The van der Waals surface area contributed by atoms with Crippen molar-refractivity contribution in [2.45, 2.75) is 11.4 Å². The molecule has 0 saturated carbocycles. The van der Waals surface area contributed by atoms with Crippen LogP contribution in [-0.2, 0) is 16.6 Å². The van der Waals surface area contributed by atoms with Crippen molar-refractivity contribution in [3.63, 3.8) is 0 Å². The molecule has 2 aromatic carbocycles. The first-order valence-corrected chi connectivity index (χ1v) is 13.6. The quantitative estimate of drug-likeness (QED) is 0.411. The van der Waals surface area contributed by atoms with Crippen LogP contribution in [0.4, 0.5) is 0 Å². The van der Waals surface area contributed by atoms with Gasteiger partial charge in [0.25, 0.3) is 5.56 Å². The molecule has 3 heterocycles. The van der Waals surface area contributed by atoms with Gasteiger partial charge in [-0.05, 0) is 29.8 Å². The summed E-state index contributed by atoms with van der Waals surface area (Å²) in [6, 6.07) is 16.5. The van der Waals surface area contributed by atoms with Crippen LogP contribution in [0, 0.1) is 0 Å². The standard InChI is InChI=1S/C23H21BrN4O3S2/c24-17-6-8-18(9-7-17)33(30,31)28-12-10-27(11-13-28)14-20-25-22(29)21-19(15-32-23(21)26-20)16-4-2-1-3-5-16/h1-9,15H,10-14H2,(H,25,26,29). The van der Waals surface area contributed by atoms with Crippen LogP contribution in [0.1, 0.15) is 5.82 Å². The average Bonchev–Trinajstić information content (AvgIpc) is 3.25. The topological polar surface area (TPSA) is 86.4 Å². The number of aromatic nitrogens is 2. The minimum atomic E-state index is -3.52. The van der Waals surface area contributed by atoms with Crippen molar-refractivity contribution in [2.75, 3.05) is 26.2 Å². The summed E-state index contributed by atoms with van der Waals surface area (Å²) in [6.45, 7) is 2.38. The fourth-order valence-electron chi connectivity index (χ4n) is 3.99. The molecule has 0 unspecified atom stereocenters. The molecule has 1 fully saturated rings. The van der Waals surface area contributed by atoms with Gasteiger partial charge in [-0.3, -0.25) is 9.69 Å². The zero-order chi connectivity index (χ0) is 23.0. The zero-order valence-corrected chi connectivity index (χ0v) is 20.8. The van der Waals surface area contributed by atoms with Gasteiger partial charge in [0, 0.05) is 41.6 Å². The van der Waals surface area contributed by atoms with Crippen molar-refractivity contribution in [2.24, 2.45) is 0 Å². The molecule has 0 spiro atoms. The van der Waals surface area contributed by atoms with Crippen LogP contribution in [0.2, 0.25) is 0 Å². The molecule has 0 atom stereocenters. The number of piperazine rings is 1. The number of fused-ring (bicyclic) bond motifs is 1. The molecule has 0 amide bonds. The number of sulfonamides is 1. The molecular formula is C23H21BrN4O3S2. The number of rotatable bonds is 5. The Hall–Kier alpha value is -2.37. The van der Waals surface area contributed by atoms with Crippen molar-refractivity contribution in [1.29, 1.82) is 0 Å². The van der Waals surface area contributed by atoms with E-state index in [1.165, 1.54) is 15.6 Å². The van der Waals surface area contributed by atoms with Gasteiger partial charge in [0.1, 0.15) is 10.7 Å². The van der Waals surface area contributed by atoms with Gasteiger partial charge in [-0.1, -0.05) is 46.3 Å². The monoisotopic (exact) mass is 544 g/mol. The molecule has 1 aliphatic rings. The Labute approximate surface area is 203 Å². The first kappa shape index (κ1) is 22.4. The van der Waals surface area contributed by atoms with E-state index >= 15 is 0 Å². The number of thiophene rings is 1. The molecule has 7 nitrogen and oxygen atoms in total. The number of H-pyrrole nitrogens is 1. The highest BCUT2D eigenvalue weighted by atomic mass is 79.9. The summed E-state index contributed by atoms with van der Waals surface area (Å²) in [7, 11) is -3.52. The van der Waals surface area contributed by atoms with Crippen LogP contribution in [0.25, 0.3) is 21.3 Å². The van der Waals surface area contributed by atoms with E-state index in [9.17, 15) is 13.2 Å². The summed E-state index contributed by atoms with van der Waals surface area (Å²) >= 11 is 4.80. The molecule has 1 N–H and O–H groups in total. The molecule has 2 aromatic heterocycles. The molecule has 5 rings (SSSR count). The smallest absolute Gasteiger partial charge is 0.260 e. The lowest BCUT2D eigenvalue weighted by molar-refractivity contribution is 0.178. The van der Waals surface area contributed by atoms with E-state index in [0.717, 1.165) is 15.6 Å². The lowest BCUT2D eigenvalue weighted by Crippen LogP contribution is -2.48. The summed E-state index contributed by atoms with van der Waals surface area (Å²) in [5, 5.41) is 2.58. The summed E-state index contributed by atoms with van der Waals surface area (Å²) in [4.78, 5) is 23.6. The Balaban J connectivity index is 1.30. The van der Waals surface area contributed by atoms with E-state index in [2.05, 4.69) is 30.8 Å². The largest absolute Gasteiger partial charge is 0.309 e. The number of nitrogens with one attached hydrogen (secondary N) is 1. The van der Waals surface area contributed by atoms with Gasteiger partial charge in [-0.2, -0.15) is 4.31 Å². The third kappa shape index (κ3) is 4.53. The van der Waals surface area contributed by atoms with Gasteiger partial charge >= 0.3 is 0 Å². The molecule has 10 heteroatoms. The predicted molar refractivity (Wildman–Crippen MR) is 134 cm³/mol. The predicted octanol–water partition coefficient (Wildman–Crippen LogP) is 3.92. The highest BCUT2D eigenvalue weighted by Gasteiger charge is 2.28. The van der Waals surface area contributed by atoms with Crippen LogP contribution < -0.4 is 5.56 Å². The molecular weight excluding hydrogens is 524 g/mol. The Bertz CT molecular complexity index is 1440. The van der Waals surface area contributed by atoms with Crippen LogP contribution in [-0.4, -0.2) is 53.8 Å². The second-order valence-corrected chi connectivity index (χ2v) is 11.6. The number of aromatic amines is 1. The third-order valence-electron chi connectivity index (χ3n) is 5.73. The van der Waals surface area contributed by atoms with Gasteiger partial charge in [0.2, 0.25) is 10.0 Å². The Morgan fingerprint density at radius 3 is 2.39 bits per heavy atom. The first-order valence-electron chi connectivity index (χ1n) is 10.5. The van der Waals surface area contributed by atoms with Gasteiger partial charge in [-0.25, -0.2) is 13.4 Å². The van der Waals surface area contributed by atoms with E-state index in [4.69, 9.17) is 0 Å². The second kappa shape index (κ2) is 9.11. The zero-order valence-electron chi connectivity index (χ0n) is 17.6. The normalized spacial score (nSPS) is 15.8. The summed E-state index contributed by atoms with van der Waals surface area (Å²) in [5.74, 6) is 0.596. The molecule has 1 saturated heterocycles. The molecule has 1 aliphatic heterocycles. The summed E-state index contributed by atoms with van der Waals surface area (Å²) in [6.07, 6.45) is 0. The SMILES string of the molecule is O=c1[nH]c(CN2CCN(S(=O)(=O)c3ccc(Br)cc3)CC2)nc2scc(-c3ccccc3)c12. The first-order chi connectivity index (χ1) is 15.9. The van der Waals surface area contributed by atoms with Gasteiger partial charge in [0.15, 0.2) is 0 Å². The highest BCUT2D eigenvalue weighted by molar-refractivity contribution is 9.10. The fourth-order valence-corrected chi connectivity index (χ4v) is 6.65. The van der Waals surface area contributed by atoms with Crippen molar-refractivity contribution in [3.05, 3.63) is 80.6 Å². The maximum Gasteiger partial charge on any atom is 0.260 e. The van der Waals surface area contributed by atoms with Crippen LogP contribution in [0.3, 0.4) is 0 Å². The average molecular weight is 545 g/mol. The maximum absolute atomic E-state index is 12.9. The Morgan fingerprint density at radius 1 is 1.00 bits per heavy atom. The number of halogens is 1. The molecule has 170 valence electrons. The van der Waals surface area contributed by atoms with Gasteiger partial charge < -0.3 is 4.98 Å². The number of hydrogen-bond donors (Lipinski definition) is 1. The summed E-state index contributed by atoms with van der Waals surface area (Å²) in [5.41, 5.74) is 1.74. The molecule has 0 radical (unpaired) electrons. The Morgan fingerprint density at radius 2 is 1.70 bits per heavy atom. The number of hydrogen-bond acceptors (Lipinski definition) is 6. The molecule has 4 aromatic rings. The minimum Gasteiger partial charge on any atom is -0.309 e. The molecule has 0 aliphatic carbocycles. The molecule has 0 bridgehead atoms. The van der Waals surface area contributed by atoms with Crippen molar-refractivity contribution in [1.82, 2.24) is 19.2 Å². The lowest BCUT2D eigenvalue weighted by atomic mass is 10.1. The van der Waals surface area contributed by atoms with Crippen LogP contribution in [0.5, 0.6) is 0 Å². The highest BCUT2D eigenvalue weighted by Crippen LogP contribution is 2.30. The van der Waals surface area contributed by atoms with Crippen molar-refractivity contribution < 1.29 is 8.42 Å². The fraction of sp³-hybridized carbons (Fsp3) is 0.217. The third-order valence-corrected chi connectivity index (χ3v) is 9.05. The van der Waals surface area contributed by atoms with E-state index in [0.29, 0.717) is 53.7 Å². The number of benzene rings is 2. The van der Waals surface area contributed by atoms with E-state index in [1.807, 2.05) is 35.7 Å². The molecule has 33 heavy (non-hydrogen) atoms. The van der Waals surface area contributed by atoms with Crippen LogP contribution >= 0.6 is 27.3 Å². The van der Waals surface area contributed by atoms with Gasteiger partial charge in [0.05, 0.1) is 16.8 Å². The summed E-state index contributed by atoms with van der Waals surface area (Å²) < 4.78 is 28.2.